The molecular formula is C11H16FNO2. The van der Waals surface area contributed by atoms with E-state index >= 15 is 0 Å². The number of aliphatic hydroxyl groups is 2. The van der Waals surface area contributed by atoms with Gasteiger partial charge in [-0.05, 0) is 30.7 Å². The fourth-order valence-electron chi connectivity index (χ4n) is 1.36. The number of anilines is 1. The van der Waals surface area contributed by atoms with Crippen molar-refractivity contribution in [3.05, 3.63) is 29.6 Å². The number of halogens is 1. The van der Waals surface area contributed by atoms with Crippen LogP contribution in [0.2, 0.25) is 0 Å². The first-order valence-electron chi connectivity index (χ1n) is 4.80. The van der Waals surface area contributed by atoms with Crippen LogP contribution in [0, 0.1) is 12.7 Å². The Morgan fingerprint density at radius 3 is 2.40 bits per heavy atom. The molecule has 0 saturated heterocycles. The number of nitrogens with zero attached hydrogens (tertiary/aromatic N) is 1. The predicted octanol–water partition coefficient (Wildman–Crippen LogP) is 0.924. The Balaban J connectivity index is 2.90. The van der Waals surface area contributed by atoms with Crippen molar-refractivity contribution in [1.82, 2.24) is 0 Å². The fraction of sp³-hybridized carbons (Fsp3) is 0.455. The van der Waals surface area contributed by atoms with Gasteiger partial charge in [-0.15, -0.1) is 0 Å². The van der Waals surface area contributed by atoms with Crippen molar-refractivity contribution < 1.29 is 14.6 Å². The molecule has 0 spiro atoms. The first kappa shape index (κ1) is 11.9. The molecule has 0 amide bonds. The Bertz CT molecular complexity index is 326. The van der Waals surface area contributed by atoms with E-state index < -0.39 is 0 Å². The van der Waals surface area contributed by atoms with Gasteiger partial charge in [0.25, 0.3) is 0 Å². The quantitative estimate of drug-likeness (QED) is 0.781. The van der Waals surface area contributed by atoms with E-state index in [-0.39, 0.29) is 25.1 Å². The van der Waals surface area contributed by atoms with Gasteiger partial charge in [0.15, 0.2) is 0 Å². The average Bonchev–Trinajstić information content (AvgIpc) is 2.23. The van der Waals surface area contributed by atoms with Gasteiger partial charge in [-0.25, -0.2) is 4.39 Å². The Labute approximate surface area is 88.8 Å². The van der Waals surface area contributed by atoms with Crippen molar-refractivity contribution >= 4 is 5.69 Å². The van der Waals surface area contributed by atoms with Gasteiger partial charge in [0.05, 0.1) is 19.3 Å². The molecule has 0 aliphatic carbocycles. The number of aliphatic hydroxyl groups excluding tert-OH is 2. The summed E-state index contributed by atoms with van der Waals surface area (Å²) < 4.78 is 13.0. The minimum absolute atomic E-state index is 0.135. The number of rotatable bonds is 4. The maximum atomic E-state index is 13.0. The van der Waals surface area contributed by atoms with Crippen LogP contribution in [0.1, 0.15) is 5.56 Å². The minimum Gasteiger partial charge on any atom is -0.394 e. The highest BCUT2D eigenvalue weighted by atomic mass is 19.1. The number of aryl methyl sites for hydroxylation is 1. The van der Waals surface area contributed by atoms with Crippen LogP contribution in [0.3, 0.4) is 0 Å². The van der Waals surface area contributed by atoms with Gasteiger partial charge in [-0.1, -0.05) is 0 Å². The fourth-order valence-corrected chi connectivity index (χ4v) is 1.36. The van der Waals surface area contributed by atoms with Crippen LogP contribution >= 0.6 is 0 Å². The molecule has 84 valence electrons. The van der Waals surface area contributed by atoms with Crippen LogP contribution in [0.15, 0.2) is 18.2 Å². The average molecular weight is 213 g/mol. The van der Waals surface area contributed by atoms with Crippen LogP contribution in [0.25, 0.3) is 0 Å². The molecule has 0 aliphatic rings. The molecule has 0 aliphatic heterocycles. The van der Waals surface area contributed by atoms with E-state index in [1.807, 2.05) is 0 Å². The van der Waals surface area contributed by atoms with Gasteiger partial charge in [-0.2, -0.15) is 0 Å². The highest BCUT2D eigenvalue weighted by Gasteiger charge is 2.13. The summed E-state index contributed by atoms with van der Waals surface area (Å²) in [6, 6.07) is 4.34. The molecule has 0 radical (unpaired) electrons. The third-order valence-electron chi connectivity index (χ3n) is 2.52. The van der Waals surface area contributed by atoms with Gasteiger partial charge < -0.3 is 15.1 Å². The van der Waals surface area contributed by atoms with Crippen molar-refractivity contribution in [2.75, 3.05) is 25.2 Å². The van der Waals surface area contributed by atoms with Crippen LogP contribution in [0.5, 0.6) is 0 Å². The maximum absolute atomic E-state index is 13.0. The monoisotopic (exact) mass is 213 g/mol. The van der Waals surface area contributed by atoms with Crippen molar-refractivity contribution in [2.45, 2.75) is 13.0 Å². The molecule has 0 fully saturated rings. The summed E-state index contributed by atoms with van der Waals surface area (Å²) in [4.78, 5) is 1.73. The highest BCUT2D eigenvalue weighted by molar-refractivity contribution is 5.49. The topological polar surface area (TPSA) is 43.7 Å². The first-order chi connectivity index (χ1) is 7.10. The second-order valence-electron chi connectivity index (χ2n) is 3.56. The molecule has 2 N–H and O–H groups in total. The third-order valence-corrected chi connectivity index (χ3v) is 2.52. The van der Waals surface area contributed by atoms with E-state index in [1.54, 1.807) is 31.0 Å². The minimum atomic E-state index is -0.352. The first-order valence-corrected chi connectivity index (χ1v) is 4.80. The molecule has 0 atom stereocenters. The molecule has 4 heteroatoms. The van der Waals surface area contributed by atoms with Crippen molar-refractivity contribution in [3.63, 3.8) is 0 Å². The van der Waals surface area contributed by atoms with Crippen molar-refractivity contribution in [3.8, 4) is 0 Å². The van der Waals surface area contributed by atoms with E-state index in [1.165, 1.54) is 6.07 Å². The summed E-state index contributed by atoms with van der Waals surface area (Å²) in [5.74, 6) is -0.253. The molecule has 0 saturated carbocycles. The molecule has 1 aromatic carbocycles. The molecule has 1 aromatic rings. The zero-order valence-corrected chi connectivity index (χ0v) is 8.94. The zero-order chi connectivity index (χ0) is 11.4. The number of likely N-dealkylation sites (N-methyl/N-ethyl adjacent to an activating group) is 1. The van der Waals surface area contributed by atoms with Gasteiger partial charge in [0.2, 0.25) is 0 Å². The lowest BCUT2D eigenvalue weighted by Gasteiger charge is -2.27. The largest absolute Gasteiger partial charge is 0.394 e. The normalized spacial score (nSPS) is 10.8. The van der Waals surface area contributed by atoms with Gasteiger partial charge in [0.1, 0.15) is 5.82 Å². The summed E-state index contributed by atoms with van der Waals surface area (Å²) >= 11 is 0. The SMILES string of the molecule is Cc1cc(N(C)C(CO)CO)ccc1F. The Hall–Kier alpha value is -1.13. The Morgan fingerprint density at radius 2 is 1.93 bits per heavy atom. The Kier molecular flexibility index (Phi) is 4.05. The van der Waals surface area contributed by atoms with E-state index in [9.17, 15) is 4.39 Å². The molecule has 15 heavy (non-hydrogen) atoms. The lowest BCUT2D eigenvalue weighted by Crippen LogP contribution is -2.37. The van der Waals surface area contributed by atoms with Gasteiger partial charge in [0, 0.05) is 12.7 Å². The van der Waals surface area contributed by atoms with Crippen LogP contribution in [-0.4, -0.2) is 36.5 Å². The summed E-state index contributed by atoms with van der Waals surface area (Å²) in [5, 5.41) is 18.0. The van der Waals surface area contributed by atoms with Gasteiger partial charge >= 0.3 is 0 Å². The highest BCUT2D eigenvalue weighted by Crippen LogP contribution is 2.18. The maximum Gasteiger partial charge on any atom is 0.126 e. The standard InChI is InChI=1S/C11H16FNO2/c1-8-5-9(3-4-11(8)12)13(2)10(6-14)7-15/h3-5,10,14-15H,6-7H2,1-2H3. The molecule has 0 aromatic heterocycles. The summed E-state index contributed by atoms with van der Waals surface area (Å²) in [6.45, 7) is 1.41. The summed E-state index contributed by atoms with van der Waals surface area (Å²) in [7, 11) is 1.75. The zero-order valence-electron chi connectivity index (χ0n) is 8.94. The van der Waals surface area contributed by atoms with Crippen molar-refractivity contribution in [2.24, 2.45) is 0 Å². The molecule has 0 heterocycles. The second kappa shape index (κ2) is 5.09. The lowest BCUT2D eigenvalue weighted by molar-refractivity contribution is 0.191. The smallest absolute Gasteiger partial charge is 0.126 e. The Morgan fingerprint density at radius 1 is 1.33 bits per heavy atom. The van der Waals surface area contributed by atoms with E-state index in [0.717, 1.165) is 5.69 Å². The van der Waals surface area contributed by atoms with Crippen molar-refractivity contribution in [1.29, 1.82) is 0 Å². The summed E-state index contributed by atoms with van der Waals surface area (Å²) in [6.07, 6.45) is 0. The van der Waals surface area contributed by atoms with E-state index in [2.05, 4.69) is 0 Å². The molecule has 3 nitrogen and oxygen atoms in total. The molecule has 0 bridgehead atoms. The van der Waals surface area contributed by atoms with Crippen LogP contribution in [-0.2, 0) is 0 Å². The molecule has 0 unspecified atom stereocenters. The molecular weight excluding hydrogens is 197 g/mol. The van der Waals surface area contributed by atoms with E-state index in [0.29, 0.717) is 5.56 Å². The number of hydrogen-bond acceptors (Lipinski definition) is 3. The third kappa shape index (κ3) is 2.67. The van der Waals surface area contributed by atoms with Crippen LogP contribution in [0.4, 0.5) is 10.1 Å². The number of benzene rings is 1. The molecule has 1 rings (SSSR count). The van der Waals surface area contributed by atoms with Crippen LogP contribution < -0.4 is 4.90 Å². The van der Waals surface area contributed by atoms with Gasteiger partial charge in [-0.3, -0.25) is 0 Å². The lowest BCUT2D eigenvalue weighted by atomic mass is 10.1. The van der Waals surface area contributed by atoms with E-state index in [4.69, 9.17) is 10.2 Å². The number of hydrogen-bond donors (Lipinski definition) is 2. The second-order valence-corrected chi connectivity index (χ2v) is 3.56. The summed E-state index contributed by atoms with van der Waals surface area (Å²) in [5.41, 5.74) is 1.33. The predicted molar refractivity (Wildman–Crippen MR) is 57.5 cm³/mol.